The first-order valence-corrected chi connectivity index (χ1v) is 12.6. The first-order chi connectivity index (χ1) is 19.3. The van der Waals surface area contributed by atoms with Gasteiger partial charge in [-0.2, -0.15) is 0 Å². The quantitative estimate of drug-likeness (QED) is 0.239. The fourth-order valence-electron chi connectivity index (χ4n) is 4.88. The summed E-state index contributed by atoms with van der Waals surface area (Å²) in [5.41, 5.74) is 4.20. The molecule has 0 unspecified atom stereocenters. The Hall–Kier alpha value is -5.49. The first-order valence-electron chi connectivity index (χ1n) is 12.6. The van der Waals surface area contributed by atoms with Crippen LogP contribution >= 0.6 is 0 Å². The SMILES string of the molecule is c1ccc(-c2nc(-c3ccccc3)nc(-c3ccc4c(c3)Oc3cc5oc6ccccc6c5cc3O4)n2)cc1. The molecule has 0 N–H and O–H groups in total. The summed E-state index contributed by atoms with van der Waals surface area (Å²) in [6.07, 6.45) is 0. The van der Waals surface area contributed by atoms with Gasteiger partial charge in [0.1, 0.15) is 11.2 Å². The lowest BCUT2D eigenvalue weighted by Gasteiger charge is -2.21. The van der Waals surface area contributed by atoms with Crippen molar-refractivity contribution in [3.8, 4) is 57.2 Å². The van der Waals surface area contributed by atoms with Crippen molar-refractivity contribution >= 4 is 21.9 Å². The molecule has 0 aliphatic carbocycles. The number of para-hydroxylation sites is 1. The summed E-state index contributed by atoms with van der Waals surface area (Å²) in [5, 5.41) is 2.03. The highest BCUT2D eigenvalue weighted by Crippen LogP contribution is 2.49. The average molecular weight is 506 g/mol. The minimum absolute atomic E-state index is 0.549. The van der Waals surface area contributed by atoms with Crippen LogP contribution < -0.4 is 9.47 Å². The van der Waals surface area contributed by atoms with E-state index < -0.39 is 0 Å². The molecular formula is C33H19N3O3. The van der Waals surface area contributed by atoms with Crippen LogP contribution in [0.2, 0.25) is 0 Å². The maximum atomic E-state index is 6.32. The average Bonchev–Trinajstić information content (AvgIpc) is 3.36. The molecule has 1 aliphatic rings. The Labute approximate surface area is 223 Å². The zero-order valence-corrected chi connectivity index (χ0v) is 20.5. The number of rotatable bonds is 3. The van der Waals surface area contributed by atoms with Gasteiger partial charge in [-0.05, 0) is 30.3 Å². The lowest BCUT2D eigenvalue weighted by Crippen LogP contribution is -2.02. The third-order valence-electron chi connectivity index (χ3n) is 6.78. The molecule has 1 aliphatic heterocycles. The van der Waals surface area contributed by atoms with Gasteiger partial charge < -0.3 is 13.9 Å². The van der Waals surface area contributed by atoms with Gasteiger partial charge in [0.05, 0.1) is 0 Å². The molecule has 6 heteroatoms. The van der Waals surface area contributed by atoms with Gasteiger partial charge in [0.2, 0.25) is 0 Å². The summed E-state index contributed by atoms with van der Waals surface area (Å²) in [6, 6.07) is 37.4. The zero-order valence-electron chi connectivity index (χ0n) is 20.5. The van der Waals surface area contributed by atoms with Crippen LogP contribution in [0.5, 0.6) is 23.0 Å². The van der Waals surface area contributed by atoms with E-state index in [1.54, 1.807) is 0 Å². The third-order valence-corrected chi connectivity index (χ3v) is 6.78. The molecule has 6 nitrogen and oxygen atoms in total. The number of nitrogens with zero attached hydrogens (tertiary/aromatic N) is 3. The van der Waals surface area contributed by atoms with Crippen LogP contribution in [0.1, 0.15) is 0 Å². The van der Waals surface area contributed by atoms with Crippen molar-refractivity contribution in [1.82, 2.24) is 15.0 Å². The predicted octanol–water partition coefficient (Wildman–Crippen LogP) is 8.67. The first kappa shape index (κ1) is 21.6. The molecule has 0 spiro atoms. The van der Waals surface area contributed by atoms with Gasteiger partial charge in [-0.15, -0.1) is 0 Å². The molecule has 0 atom stereocenters. The standard InChI is InChI=1S/C33H19N3O3/c1-3-9-20(10-4-1)31-34-32(21-11-5-2-6-12-21)36-33(35-31)22-15-16-26-28(17-22)39-30-19-27-24(18-29(30)38-26)23-13-7-8-14-25(23)37-27/h1-19H. The topological polar surface area (TPSA) is 70.3 Å². The molecule has 0 radical (unpaired) electrons. The van der Waals surface area contributed by atoms with Crippen molar-refractivity contribution in [2.45, 2.75) is 0 Å². The van der Waals surface area contributed by atoms with Gasteiger partial charge in [-0.1, -0.05) is 78.9 Å². The summed E-state index contributed by atoms with van der Waals surface area (Å²) in [4.78, 5) is 14.4. The van der Waals surface area contributed by atoms with Crippen molar-refractivity contribution < 1.29 is 13.9 Å². The van der Waals surface area contributed by atoms with Crippen LogP contribution in [0.3, 0.4) is 0 Å². The fraction of sp³-hybridized carbons (Fsp3) is 0. The van der Waals surface area contributed by atoms with E-state index in [1.165, 1.54) is 0 Å². The molecule has 0 bridgehead atoms. The number of furan rings is 1. The van der Waals surface area contributed by atoms with Gasteiger partial charge in [-0.3, -0.25) is 0 Å². The Morgan fingerprint density at radius 3 is 1.67 bits per heavy atom. The third kappa shape index (κ3) is 3.69. The smallest absolute Gasteiger partial charge is 0.173 e. The van der Waals surface area contributed by atoms with E-state index in [4.69, 9.17) is 28.8 Å². The van der Waals surface area contributed by atoms with Crippen molar-refractivity contribution in [3.63, 3.8) is 0 Å². The van der Waals surface area contributed by atoms with Gasteiger partial charge >= 0.3 is 0 Å². The molecule has 2 aromatic heterocycles. The summed E-state index contributed by atoms with van der Waals surface area (Å²) in [6.45, 7) is 0. The van der Waals surface area contributed by atoms with E-state index in [0.717, 1.165) is 38.6 Å². The molecule has 5 aromatic carbocycles. The maximum Gasteiger partial charge on any atom is 0.173 e. The van der Waals surface area contributed by atoms with Crippen LogP contribution in [0.4, 0.5) is 0 Å². The van der Waals surface area contributed by atoms with Gasteiger partial charge in [-0.25, -0.2) is 15.0 Å². The molecular weight excluding hydrogens is 486 g/mol. The molecule has 7 aromatic rings. The highest BCUT2D eigenvalue weighted by Gasteiger charge is 2.23. The number of hydrogen-bond donors (Lipinski definition) is 0. The van der Waals surface area contributed by atoms with Crippen LogP contribution in [-0.2, 0) is 0 Å². The highest BCUT2D eigenvalue weighted by molar-refractivity contribution is 6.06. The second-order valence-corrected chi connectivity index (χ2v) is 9.30. The minimum atomic E-state index is 0.549. The number of fused-ring (bicyclic) bond motifs is 5. The molecule has 8 rings (SSSR count). The summed E-state index contributed by atoms with van der Waals surface area (Å²) < 4.78 is 18.6. The molecule has 3 heterocycles. The van der Waals surface area contributed by atoms with Crippen LogP contribution in [-0.4, -0.2) is 15.0 Å². The lowest BCUT2D eigenvalue weighted by atomic mass is 10.1. The van der Waals surface area contributed by atoms with Gasteiger partial charge in [0, 0.05) is 33.5 Å². The Bertz CT molecular complexity index is 1960. The summed E-state index contributed by atoms with van der Waals surface area (Å²) in [7, 11) is 0. The van der Waals surface area contributed by atoms with E-state index in [-0.39, 0.29) is 0 Å². The Balaban J connectivity index is 1.22. The van der Waals surface area contributed by atoms with Crippen molar-refractivity contribution in [2.24, 2.45) is 0 Å². The molecule has 0 saturated carbocycles. The van der Waals surface area contributed by atoms with Gasteiger partial charge in [0.25, 0.3) is 0 Å². The maximum absolute atomic E-state index is 6.32. The predicted molar refractivity (Wildman–Crippen MR) is 150 cm³/mol. The van der Waals surface area contributed by atoms with Crippen molar-refractivity contribution in [1.29, 1.82) is 0 Å². The summed E-state index contributed by atoms with van der Waals surface area (Å²) >= 11 is 0. The largest absolute Gasteiger partial charge is 0.456 e. The molecule has 184 valence electrons. The normalized spacial score (nSPS) is 12.0. The molecule has 0 fully saturated rings. The number of hydrogen-bond acceptors (Lipinski definition) is 6. The van der Waals surface area contributed by atoms with Crippen LogP contribution in [0, 0.1) is 0 Å². The molecule has 0 saturated heterocycles. The van der Waals surface area contributed by atoms with E-state index >= 15 is 0 Å². The van der Waals surface area contributed by atoms with E-state index in [9.17, 15) is 0 Å². The Kier molecular flexibility index (Phi) is 4.72. The summed E-state index contributed by atoms with van der Waals surface area (Å²) in [5.74, 6) is 4.20. The van der Waals surface area contributed by atoms with Crippen molar-refractivity contribution in [3.05, 3.63) is 115 Å². The van der Waals surface area contributed by atoms with E-state index in [0.29, 0.717) is 40.5 Å². The second-order valence-electron chi connectivity index (χ2n) is 9.30. The Morgan fingerprint density at radius 1 is 0.385 bits per heavy atom. The second kappa shape index (κ2) is 8.53. The monoisotopic (exact) mass is 505 g/mol. The Morgan fingerprint density at radius 2 is 0.949 bits per heavy atom. The molecule has 0 amide bonds. The molecule has 39 heavy (non-hydrogen) atoms. The van der Waals surface area contributed by atoms with E-state index in [2.05, 4.69) is 0 Å². The lowest BCUT2D eigenvalue weighted by molar-refractivity contribution is 0.360. The van der Waals surface area contributed by atoms with Crippen molar-refractivity contribution in [2.75, 3.05) is 0 Å². The van der Waals surface area contributed by atoms with Gasteiger partial charge in [0.15, 0.2) is 40.5 Å². The fourth-order valence-corrected chi connectivity index (χ4v) is 4.88. The number of benzene rings is 5. The minimum Gasteiger partial charge on any atom is -0.456 e. The zero-order chi connectivity index (χ0) is 25.8. The number of aromatic nitrogens is 3. The van der Waals surface area contributed by atoms with Crippen LogP contribution in [0.25, 0.3) is 56.1 Å². The number of ether oxygens (including phenoxy) is 2. The van der Waals surface area contributed by atoms with Crippen LogP contribution in [0.15, 0.2) is 120 Å². The highest BCUT2D eigenvalue weighted by atomic mass is 16.6. The van der Waals surface area contributed by atoms with E-state index in [1.807, 2.05) is 115 Å².